The molecule has 1 aliphatic rings. The number of hydrogen-bond donors (Lipinski definition) is 1. The zero-order valence-corrected chi connectivity index (χ0v) is 16.4. The van der Waals surface area contributed by atoms with Gasteiger partial charge in [-0.2, -0.15) is 0 Å². The first kappa shape index (κ1) is 16.9. The minimum absolute atomic E-state index is 0.0519. The van der Waals surface area contributed by atoms with Crippen molar-refractivity contribution in [1.82, 2.24) is 4.90 Å². The number of halogens is 2. The van der Waals surface area contributed by atoms with E-state index in [4.69, 9.17) is 0 Å². The van der Waals surface area contributed by atoms with E-state index in [1.807, 2.05) is 30.3 Å². The van der Waals surface area contributed by atoms with Crippen molar-refractivity contribution in [2.45, 2.75) is 18.9 Å². The highest BCUT2D eigenvalue weighted by Crippen LogP contribution is 2.32. The maximum absolute atomic E-state index is 12.4. The van der Waals surface area contributed by atoms with Gasteiger partial charge in [-0.15, -0.1) is 0 Å². The molecule has 2 aromatic rings. The molecule has 1 saturated heterocycles. The highest BCUT2D eigenvalue weighted by atomic mass is 127. The van der Waals surface area contributed by atoms with E-state index in [9.17, 15) is 4.79 Å². The highest BCUT2D eigenvalue weighted by Gasteiger charge is 2.27. The lowest BCUT2D eigenvalue weighted by molar-refractivity contribution is -0.117. The van der Waals surface area contributed by atoms with Gasteiger partial charge in [0.25, 0.3) is 0 Å². The van der Waals surface area contributed by atoms with Crippen LogP contribution < -0.4 is 5.32 Å². The summed E-state index contributed by atoms with van der Waals surface area (Å²) in [5, 5.41) is 3.02. The van der Waals surface area contributed by atoms with E-state index in [0.29, 0.717) is 12.6 Å². The highest BCUT2D eigenvalue weighted by molar-refractivity contribution is 14.1. The standard InChI is InChI=1S/C18H18BrIN2O/c19-14-6-3-5-13(11-14)17-9-4-10-22(17)12-18(23)21-16-8-2-1-7-15(16)20/h1-3,5-8,11,17H,4,9-10,12H2,(H,21,23). The molecule has 0 spiro atoms. The monoisotopic (exact) mass is 484 g/mol. The van der Waals surface area contributed by atoms with Gasteiger partial charge in [-0.1, -0.05) is 40.2 Å². The first-order valence-corrected chi connectivity index (χ1v) is 9.54. The second-order valence-corrected chi connectivity index (χ2v) is 7.79. The van der Waals surface area contributed by atoms with E-state index < -0.39 is 0 Å². The number of para-hydroxylation sites is 1. The third kappa shape index (κ3) is 4.33. The van der Waals surface area contributed by atoms with Crippen LogP contribution in [0.3, 0.4) is 0 Å². The molecule has 120 valence electrons. The van der Waals surface area contributed by atoms with Crippen LogP contribution in [0.1, 0.15) is 24.4 Å². The molecule has 0 saturated carbocycles. The molecule has 1 fully saturated rings. The number of nitrogens with one attached hydrogen (secondary N) is 1. The van der Waals surface area contributed by atoms with Gasteiger partial charge in [-0.3, -0.25) is 9.69 Å². The second kappa shape index (κ2) is 7.77. The van der Waals surface area contributed by atoms with Crippen LogP contribution in [-0.4, -0.2) is 23.9 Å². The number of hydrogen-bond acceptors (Lipinski definition) is 2. The third-order valence-electron chi connectivity index (χ3n) is 4.09. The Morgan fingerprint density at radius 1 is 1.26 bits per heavy atom. The molecule has 0 aromatic heterocycles. The van der Waals surface area contributed by atoms with Gasteiger partial charge in [0.1, 0.15) is 0 Å². The lowest BCUT2D eigenvalue weighted by Gasteiger charge is -2.24. The fourth-order valence-electron chi connectivity index (χ4n) is 3.04. The zero-order valence-electron chi connectivity index (χ0n) is 12.6. The van der Waals surface area contributed by atoms with E-state index in [0.717, 1.165) is 33.1 Å². The molecule has 1 unspecified atom stereocenters. The molecule has 23 heavy (non-hydrogen) atoms. The molecule has 1 N–H and O–H groups in total. The molecular formula is C18H18BrIN2O. The van der Waals surface area contributed by atoms with Gasteiger partial charge in [0, 0.05) is 14.1 Å². The van der Waals surface area contributed by atoms with Gasteiger partial charge in [-0.05, 0) is 71.8 Å². The molecule has 0 aliphatic carbocycles. The Kier molecular flexibility index (Phi) is 5.71. The van der Waals surface area contributed by atoms with Gasteiger partial charge in [0.2, 0.25) is 5.91 Å². The van der Waals surface area contributed by atoms with E-state index in [-0.39, 0.29) is 5.91 Å². The summed E-state index contributed by atoms with van der Waals surface area (Å²) in [6, 6.07) is 16.6. The molecule has 5 heteroatoms. The summed E-state index contributed by atoms with van der Waals surface area (Å²) < 4.78 is 2.15. The summed E-state index contributed by atoms with van der Waals surface area (Å²) in [6.45, 7) is 1.40. The number of carbonyl (C=O) groups excluding carboxylic acids is 1. The molecule has 0 bridgehead atoms. The summed E-state index contributed by atoms with van der Waals surface area (Å²) >= 11 is 5.78. The fraction of sp³-hybridized carbons (Fsp3) is 0.278. The van der Waals surface area contributed by atoms with Gasteiger partial charge in [0.15, 0.2) is 0 Å². The second-order valence-electron chi connectivity index (χ2n) is 5.71. The van der Waals surface area contributed by atoms with Crippen LogP contribution >= 0.6 is 38.5 Å². The van der Waals surface area contributed by atoms with Crippen LogP contribution in [-0.2, 0) is 4.79 Å². The van der Waals surface area contributed by atoms with Crippen LogP contribution in [0, 0.1) is 3.57 Å². The first-order chi connectivity index (χ1) is 11.1. The van der Waals surface area contributed by atoms with E-state index >= 15 is 0 Å². The number of likely N-dealkylation sites (tertiary alicyclic amines) is 1. The lowest BCUT2D eigenvalue weighted by Crippen LogP contribution is -2.33. The maximum atomic E-state index is 12.4. The largest absolute Gasteiger partial charge is 0.324 e. The predicted octanol–water partition coefficient (Wildman–Crippen LogP) is 4.83. The maximum Gasteiger partial charge on any atom is 0.238 e. The Morgan fingerprint density at radius 2 is 2.09 bits per heavy atom. The number of anilines is 1. The van der Waals surface area contributed by atoms with Crippen LogP contribution in [0.4, 0.5) is 5.69 Å². The summed E-state index contributed by atoms with van der Waals surface area (Å²) in [5.41, 5.74) is 2.16. The molecule has 1 amide bonds. The van der Waals surface area contributed by atoms with E-state index in [2.05, 4.69) is 66.9 Å². The molecular weight excluding hydrogens is 467 g/mol. The summed E-state index contributed by atoms with van der Waals surface area (Å²) in [4.78, 5) is 14.7. The van der Waals surface area contributed by atoms with Crippen molar-refractivity contribution in [3.8, 4) is 0 Å². The third-order valence-corrected chi connectivity index (χ3v) is 5.53. The molecule has 2 aromatic carbocycles. The Hall–Kier alpha value is -0.920. The Bertz CT molecular complexity index is 707. The van der Waals surface area contributed by atoms with Crippen molar-refractivity contribution >= 4 is 50.1 Å². The number of amides is 1. The quantitative estimate of drug-likeness (QED) is 0.630. The number of nitrogens with zero attached hydrogens (tertiary/aromatic N) is 1. The molecule has 1 heterocycles. The van der Waals surface area contributed by atoms with Crippen molar-refractivity contribution in [2.75, 3.05) is 18.4 Å². The Balaban J connectivity index is 1.67. The molecule has 1 aliphatic heterocycles. The molecule has 0 radical (unpaired) electrons. The average Bonchev–Trinajstić information content (AvgIpc) is 2.97. The van der Waals surface area contributed by atoms with Crippen LogP contribution in [0.25, 0.3) is 0 Å². The first-order valence-electron chi connectivity index (χ1n) is 7.67. The normalized spacial score (nSPS) is 18.1. The SMILES string of the molecule is O=C(CN1CCCC1c1cccc(Br)c1)Nc1ccccc1I. The van der Waals surface area contributed by atoms with Crippen LogP contribution in [0.5, 0.6) is 0 Å². The minimum Gasteiger partial charge on any atom is -0.324 e. The average molecular weight is 485 g/mol. The van der Waals surface area contributed by atoms with Gasteiger partial charge < -0.3 is 5.32 Å². The van der Waals surface area contributed by atoms with Gasteiger partial charge >= 0.3 is 0 Å². The zero-order chi connectivity index (χ0) is 16.2. The smallest absolute Gasteiger partial charge is 0.238 e. The van der Waals surface area contributed by atoms with Crippen LogP contribution in [0.15, 0.2) is 53.0 Å². The molecule has 3 rings (SSSR count). The number of benzene rings is 2. The van der Waals surface area contributed by atoms with Crippen molar-refractivity contribution < 1.29 is 4.79 Å². The van der Waals surface area contributed by atoms with E-state index in [1.54, 1.807) is 0 Å². The summed E-state index contributed by atoms with van der Waals surface area (Å²) in [6.07, 6.45) is 2.24. The predicted molar refractivity (Wildman–Crippen MR) is 105 cm³/mol. The minimum atomic E-state index is 0.0519. The summed E-state index contributed by atoms with van der Waals surface area (Å²) in [7, 11) is 0. The van der Waals surface area contributed by atoms with Gasteiger partial charge in [-0.25, -0.2) is 0 Å². The lowest BCUT2D eigenvalue weighted by atomic mass is 10.0. The van der Waals surface area contributed by atoms with E-state index in [1.165, 1.54) is 5.56 Å². The van der Waals surface area contributed by atoms with Crippen LogP contribution in [0.2, 0.25) is 0 Å². The van der Waals surface area contributed by atoms with Crippen molar-refractivity contribution in [1.29, 1.82) is 0 Å². The molecule has 1 atom stereocenters. The van der Waals surface area contributed by atoms with Crippen molar-refractivity contribution in [2.24, 2.45) is 0 Å². The number of rotatable bonds is 4. The Morgan fingerprint density at radius 3 is 2.87 bits per heavy atom. The molecule has 3 nitrogen and oxygen atoms in total. The van der Waals surface area contributed by atoms with Crippen molar-refractivity contribution in [3.63, 3.8) is 0 Å². The van der Waals surface area contributed by atoms with Gasteiger partial charge in [0.05, 0.1) is 12.2 Å². The fourth-order valence-corrected chi connectivity index (χ4v) is 3.98. The Labute approximate surface area is 158 Å². The number of carbonyl (C=O) groups is 1. The summed E-state index contributed by atoms with van der Waals surface area (Å²) in [5.74, 6) is 0.0519. The van der Waals surface area contributed by atoms with Crippen molar-refractivity contribution in [3.05, 3.63) is 62.1 Å². The topological polar surface area (TPSA) is 32.3 Å².